The molecule has 0 aliphatic carbocycles. The molecule has 0 saturated heterocycles. The van der Waals surface area contributed by atoms with Crippen molar-refractivity contribution in [2.75, 3.05) is 0 Å². The van der Waals surface area contributed by atoms with E-state index in [4.69, 9.17) is 0 Å². The second-order valence-corrected chi connectivity index (χ2v) is 8.35. The maximum absolute atomic E-state index is 13.9. The van der Waals surface area contributed by atoms with Gasteiger partial charge < -0.3 is 0 Å². The van der Waals surface area contributed by atoms with Crippen molar-refractivity contribution in [1.82, 2.24) is 29.9 Å². The Kier molecular flexibility index (Phi) is 6.08. The van der Waals surface area contributed by atoms with E-state index in [2.05, 4.69) is 25.3 Å². The molecule has 2 aliphatic rings. The quantitative estimate of drug-likeness (QED) is 0.250. The largest absolute Gasteiger partial charge is 0.417 e. The summed E-state index contributed by atoms with van der Waals surface area (Å²) in [6.07, 6.45) is -8.37. The lowest BCUT2D eigenvalue weighted by molar-refractivity contribution is -0.142. The van der Waals surface area contributed by atoms with E-state index in [1.54, 1.807) is 31.3 Å². The SMILES string of the molecule is Cc1c(F)cccc1-c1nc2ccn(Cc3ccc(-c4ccc(C(F)(F)F)cc4C(F)(F)F)nn3)nc-2n1. The van der Waals surface area contributed by atoms with Gasteiger partial charge in [-0.1, -0.05) is 18.2 Å². The average molecular weight is 532 g/mol. The fourth-order valence-electron chi connectivity index (χ4n) is 3.83. The van der Waals surface area contributed by atoms with Gasteiger partial charge in [0.25, 0.3) is 0 Å². The number of imidazole rings is 1. The maximum Gasteiger partial charge on any atom is 0.417 e. The Morgan fingerprint density at radius 3 is 2.24 bits per heavy atom. The van der Waals surface area contributed by atoms with E-state index in [1.807, 2.05) is 0 Å². The summed E-state index contributed by atoms with van der Waals surface area (Å²) in [6, 6.07) is 10.2. The number of alkyl halides is 6. The van der Waals surface area contributed by atoms with E-state index in [1.165, 1.54) is 22.9 Å². The molecule has 0 spiro atoms. The summed E-state index contributed by atoms with van der Waals surface area (Å²) in [6.45, 7) is 1.69. The number of nitrogens with zero attached hydrogens (tertiary/aromatic N) is 6. The Labute approximate surface area is 210 Å². The van der Waals surface area contributed by atoms with Crippen LogP contribution in [0.1, 0.15) is 22.4 Å². The zero-order chi connectivity index (χ0) is 27.2. The van der Waals surface area contributed by atoms with E-state index in [9.17, 15) is 30.7 Å². The highest BCUT2D eigenvalue weighted by atomic mass is 19.4. The Morgan fingerprint density at radius 1 is 0.763 bits per heavy atom. The number of hydrogen-bond donors (Lipinski definition) is 0. The molecule has 0 atom stereocenters. The molecule has 2 aliphatic heterocycles. The molecule has 0 radical (unpaired) electrons. The van der Waals surface area contributed by atoms with E-state index >= 15 is 0 Å². The van der Waals surface area contributed by atoms with Crippen LogP contribution in [0, 0.1) is 12.7 Å². The molecule has 38 heavy (non-hydrogen) atoms. The van der Waals surface area contributed by atoms with Crippen molar-refractivity contribution in [2.45, 2.75) is 25.8 Å². The van der Waals surface area contributed by atoms with Gasteiger partial charge in [-0.2, -0.15) is 41.6 Å². The molecular weight excluding hydrogens is 517 g/mol. The molecular formula is C25H15F7N6. The minimum absolute atomic E-state index is 0.0559. The Hall–Kier alpha value is -4.42. The minimum atomic E-state index is -5.03. The minimum Gasteiger partial charge on any atom is -0.264 e. The van der Waals surface area contributed by atoms with Crippen molar-refractivity contribution >= 4 is 0 Å². The summed E-state index contributed by atoms with van der Waals surface area (Å²) in [5.41, 5.74) is -1.91. The molecule has 1 aromatic heterocycles. The van der Waals surface area contributed by atoms with Gasteiger partial charge in [0.2, 0.25) is 0 Å². The van der Waals surface area contributed by atoms with Gasteiger partial charge >= 0.3 is 12.4 Å². The number of fused-ring (bicyclic) bond motifs is 1. The summed E-state index contributed by atoms with van der Waals surface area (Å²) in [5.74, 6) is 0.207. The van der Waals surface area contributed by atoms with Crippen LogP contribution in [0.25, 0.3) is 34.2 Å². The van der Waals surface area contributed by atoms with Gasteiger partial charge in [-0.15, -0.1) is 0 Å². The van der Waals surface area contributed by atoms with Gasteiger partial charge in [-0.05, 0) is 48.9 Å². The molecule has 2 aromatic carbocycles. The third kappa shape index (κ3) is 4.91. The Bertz CT molecular complexity index is 1590. The van der Waals surface area contributed by atoms with Gasteiger partial charge in [0.15, 0.2) is 11.6 Å². The molecule has 3 heterocycles. The first-order valence-electron chi connectivity index (χ1n) is 11.0. The molecule has 0 amide bonds. The summed E-state index contributed by atoms with van der Waals surface area (Å²) >= 11 is 0. The lowest BCUT2D eigenvalue weighted by Gasteiger charge is -2.15. The summed E-state index contributed by atoms with van der Waals surface area (Å²) in [4.78, 5) is 8.75. The number of hydrogen-bond acceptors (Lipinski definition) is 5. The van der Waals surface area contributed by atoms with Crippen LogP contribution in [-0.2, 0) is 18.9 Å². The number of benzene rings is 2. The zero-order valence-electron chi connectivity index (χ0n) is 19.3. The normalized spacial score (nSPS) is 12.3. The van der Waals surface area contributed by atoms with E-state index in [0.717, 1.165) is 6.07 Å². The van der Waals surface area contributed by atoms with Crippen LogP contribution in [0.5, 0.6) is 0 Å². The topological polar surface area (TPSA) is 69.4 Å². The monoisotopic (exact) mass is 532 g/mol. The van der Waals surface area contributed by atoms with Crippen LogP contribution >= 0.6 is 0 Å². The van der Waals surface area contributed by atoms with Crippen molar-refractivity contribution in [1.29, 1.82) is 0 Å². The van der Waals surface area contributed by atoms with Gasteiger partial charge in [-0.25, -0.2) is 14.4 Å². The number of rotatable bonds is 4. The third-order valence-corrected chi connectivity index (χ3v) is 5.78. The standard InChI is InChI=1S/C25H15F7N6/c1-13-16(3-2-4-19(13)26)22-33-21-9-10-38(37-23(21)34-22)12-15-6-8-20(36-35-15)17-7-5-14(24(27,28)29)11-18(17)25(30,31)32/h2-11H,12H2,1H3. The van der Waals surface area contributed by atoms with Crippen LogP contribution < -0.4 is 0 Å². The van der Waals surface area contributed by atoms with Crippen LogP contribution in [-0.4, -0.2) is 29.9 Å². The smallest absolute Gasteiger partial charge is 0.264 e. The first-order valence-corrected chi connectivity index (χ1v) is 11.0. The fraction of sp³-hybridized carbons (Fsp3) is 0.160. The van der Waals surface area contributed by atoms with Crippen molar-refractivity contribution in [3.05, 3.63) is 89.0 Å². The second kappa shape index (κ2) is 9.15. The highest BCUT2D eigenvalue weighted by Crippen LogP contribution is 2.40. The Morgan fingerprint density at radius 2 is 1.55 bits per heavy atom. The van der Waals surface area contributed by atoms with Crippen LogP contribution in [0.3, 0.4) is 0 Å². The highest BCUT2D eigenvalue weighted by Gasteiger charge is 2.38. The van der Waals surface area contributed by atoms with Crippen molar-refractivity contribution in [3.8, 4) is 34.2 Å². The summed E-state index contributed by atoms with van der Waals surface area (Å²) in [7, 11) is 0. The van der Waals surface area contributed by atoms with Crippen molar-refractivity contribution in [3.63, 3.8) is 0 Å². The molecule has 0 bridgehead atoms. The van der Waals surface area contributed by atoms with E-state index in [0.29, 0.717) is 34.4 Å². The van der Waals surface area contributed by atoms with Crippen molar-refractivity contribution in [2.24, 2.45) is 0 Å². The maximum atomic E-state index is 13.9. The summed E-state index contributed by atoms with van der Waals surface area (Å²) < 4.78 is 94.7. The lowest BCUT2D eigenvalue weighted by Crippen LogP contribution is -2.13. The molecule has 3 aromatic rings. The Balaban J connectivity index is 1.41. The van der Waals surface area contributed by atoms with Gasteiger partial charge in [-0.3, -0.25) is 4.68 Å². The molecule has 6 nitrogen and oxygen atoms in total. The predicted molar refractivity (Wildman–Crippen MR) is 121 cm³/mol. The summed E-state index contributed by atoms with van der Waals surface area (Å²) in [5, 5.41) is 12.1. The number of aromatic nitrogens is 6. The molecule has 5 rings (SSSR count). The highest BCUT2D eigenvalue weighted by molar-refractivity contribution is 5.67. The average Bonchev–Trinajstić information content (AvgIpc) is 3.28. The zero-order valence-corrected chi connectivity index (χ0v) is 19.3. The predicted octanol–water partition coefficient (Wildman–Crippen LogP) is 6.44. The molecule has 194 valence electrons. The van der Waals surface area contributed by atoms with Gasteiger partial charge in [0.05, 0.1) is 29.1 Å². The fourth-order valence-corrected chi connectivity index (χ4v) is 3.83. The molecule has 13 heteroatoms. The first-order chi connectivity index (χ1) is 17.9. The number of halogens is 7. The molecule has 0 fully saturated rings. The van der Waals surface area contributed by atoms with Gasteiger partial charge in [0.1, 0.15) is 11.5 Å². The molecule has 0 N–H and O–H groups in total. The van der Waals surface area contributed by atoms with Crippen molar-refractivity contribution < 1.29 is 30.7 Å². The first kappa shape index (κ1) is 25.2. The lowest BCUT2D eigenvalue weighted by atomic mass is 10.00. The second-order valence-electron chi connectivity index (χ2n) is 8.35. The van der Waals surface area contributed by atoms with E-state index < -0.39 is 29.0 Å². The van der Waals surface area contributed by atoms with E-state index in [-0.39, 0.29) is 29.9 Å². The molecule has 0 unspecified atom stereocenters. The molecule has 0 saturated carbocycles. The van der Waals surface area contributed by atoms with Crippen LogP contribution in [0.4, 0.5) is 30.7 Å². The van der Waals surface area contributed by atoms with Crippen LogP contribution in [0.15, 0.2) is 60.8 Å². The van der Waals surface area contributed by atoms with Crippen LogP contribution in [0.2, 0.25) is 0 Å². The third-order valence-electron chi connectivity index (χ3n) is 5.78. The van der Waals surface area contributed by atoms with Gasteiger partial charge in [0, 0.05) is 17.3 Å².